The van der Waals surface area contributed by atoms with Gasteiger partial charge in [-0.15, -0.1) is 0 Å². The molecule has 1 aliphatic heterocycles. The van der Waals surface area contributed by atoms with Crippen molar-refractivity contribution < 1.29 is 4.74 Å². The van der Waals surface area contributed by atoms with E-state index in [1.54, 1.807) is 0 Å². The van der Waals surface area contributed by atoms with E-state index in [1.165, 1.54) is 0 Å². The van der Waals surface area contributed by atoms with Gasteiger partial charge in [-0.1, -0.05) is 0 Å². The molecule has 0 spiro atoms. The third kappa shape index (κ3) is 1.94. The lowest BCUT2D eigenvalue weighted by molar-refractivity contribution is -0.135. The molecule has 62 valence electrons. The van der Waals surface area contributed by atoms with Crippen molar-refractivity contribution in [2.45, 2.75) is 51.2 Å². The van der Waals surface area contributed by atoms with Crippen LogP contribution in [0.1, 0.15) is 40.0 Å². The van der Waals surface area contributed by atoms with Gasteiger partial charge in [0, 0.05) is 0 Å². The second-order valence-electron chi connectivity index (χ2n) is 4.06. The fourth-order valence-corrected chi connectivity index (χ4v) is 1.64. The molecular formula is C9H15NO. The maximum atomic E-state index is 8.81. The maximum Gasteiger partial charge on any atom is 0.152 e. The van der Waals surface area contributed by atoms with Gasteiger partial charge in [0.1, 0.15) is 0 Å². The Balaban J connectivity index is 2.69. The number of hydrogen-bond acceptors (Lipinski definition) is 2. The highest BCUT2D eigenvalue weighted by Crippen LogP contribution is 2.34. The molecule has 0 N–H and O–H groups in total. The summed E-state index contributed by atoms with van der Waals surface area (Å²) in [5, 5.41) is 8.81. The van der Waals surface area contributed by atoms with E-state index in [9.17, 15) is 0 Å². The van der Waals surface area contributed by atoms with Gasteiger partial charge < -0.3 is 4.74 Å². The fraction of sp³-hybridized carbons (Fsp3) is 0.889. The van der Waals surface area contributed by atoms with Crippen LogP contribution >= 0.6 is 0 Å². The van der Waals surface area contributed by atoms with E-state index in [-0.39, 0.29) is 5.60 Å². The van der Waals surface area contributed by atoms with Crippen molar-refractivity contribution in [3.8, 4) is 6.07 Å². The second-order valence-corrected chi connectivity index (χ2v) is 4.06. The summed E-state index contributed by atoms with van der Waals surface area (Å²) in [6.07, 6.45) is 3.02. The van der Waals surface area contributed by atoms with Crippen molar-refractivity contribution in [2.24, 2.45) is 0 Å². The first-order chi connectivity index (χ1) is 4.97. The van der Waals surface area contributed by atoms with E-state index < -0.39 is 5.60 Å². The van der Waals surface area contributed by atoms with Gasteiger partial charge in [0.05, 0.1) is 11.7 Å². The number of ether oxygens (including phenoxy) is 1. The summed E-state index contributed by atoms with van der Waals surface area (Å²) in [5.74, 6) is 0. The lowest BCUT2D eigenvalue weighted by Crippen LogP contribution is -2.42. The highest BCUT2D eigenvalue weighted by atomic mass is 16.5. The minimum atomic E-state index is -0.540. The highest BCUT2D eigenvalue weighted by Gasteiger charge is 2.37. The Morgan fingerprint density at radius 3 is 2.27 bits per heavy atom. The van der Waals surface area contributed by atoms with Crippen molar-refractivity contribution in [1.82, 2.24) is 0 Å². The minimum Gasteiger partial charge on any atom is -0.355 e. The standard InChI is InChI=1S/C9H15NO/c1-8(2)5-4-6-9(3,7-10)11-8/h4-6H2,1-3H3. The van der Waals surface area contributed by atoms with E-state index in [0.717, 1.165) is 19.3 Å². The van der Waals surface area contributed by atoms with Crippen molar-refractivity contribution in [3.05, 3.63) is 0 Å². The van der Waals surface area contributed by atoms with Crippen molar-refractivity contribution >= 4 is 0 Å². The summed E-state index contributed by atoms with van der Waals surface area (Å²) in [6, 6.07) is 2.21. The van der Waals surface area contributed by atoms with Crippen LogP contribution in [0.3, 0.4) is 0 Å². The van der Waals surface area contributed by atoms with Crippen LogP contribution in [-0.4, -0.2) is 11.2 Å². The number of nitrogens with zero attached hydrogens (tertiary/aromatic N) is 1. The summed E-state index contributed by atoms with van der Waals surface area (Å²) < 4.78 is 5.65. The lowest BCUT2D eigenvalue weighted by atomic mass is 9.89. The Bertz CT molecular complexity index is 192. The molecule has 0 aromatic heterocycles. The molecule has 1 saturated heterocycles. The summed E-state index contributed by atoms with van der Waals surface area (Å²) in [4.78, 5) is 0. The average molecular weight is 153 g/mol. The molecule has 0 bridgehead atoms. The van der Waals surface area contributed by atoms with E-state index in [2.05, 4.69) is 6.07 Å². The van der Waals surface area contributed by atoms with Gasteiger partial charge in [-0.2, -0.15) is 5.26 Å². The predicted octanol–water partition coefficient (Wildman–Crippen LogP) is 2.25. The quantitative estimate of drug-likeness (QED) is 0.534. The van der Waals surface area contributed by atoms with E-state index in [4.69, 9.17) is 10.00 Å². The molecule has 1 heterocycles. The van der Waals surface area contributed by atoms with Crippen LogP contribution < -0.4 is 0 Å². The first-order valence-corrected chi connectivity index (χ1v) is 4.09. The molecule has 1 fully saturated rings. The van der Waals surface area contributed by atoms with Gasteiger partial charge >= 0.3 is 0 Å². The number of nitriles is 1. The van der Waals surface area contributed by atoms with Gasteiger partial charge in [0.2, 0.25) is 0 Å². The van der Waals surface area contributed by atoms with Crippen molar-refractivity contribution in [3.63, 3.8) is 0 Å². The first kappa shape index (κ1) is 8.55. The van der Waals surface area contributed by atoms with E-state index in [1.807, 2.05) is 20.8 Å². The minimum absolute atomic E-state index is 0.108. The van der Waals surface area contributed by atoms with Crippen LogP contribution in [0, 0.1) is 11.3 Å². The molecule has 0 saturated carbocycles. The summed E-state index contributed by atoms with van der Waals surface area (Å²) >= 11 is 0. The highest BCUT2D eigenvalue weighted by molar-refractivity contribution is 5.02. The van der Waals surface area contributed by atoms with Crippen LogP contribution in [0.5, 0.6) is 0 Å². The Morgan fingerprint density at radius 2 is 1.91 bits per heavy atom. The zero-order valence-electron chi connectivity index (χ0n) is 7.48. The molecule has 1 aliphatic rings. The van der Waals surface area contributed by atoms with Crippen molar-refractivity contribution in [1.29, 1.82) is 5.26 Å². The molecule has 11 heavy (non-hydrogen) atoms. The SMILES string of the molecule is CC1(C)CCCC(C)(C#N)O1. The Labute approximate surface area is 68.2 Å². The Kier molecular flexibility index (Phi) is 1.94. The van der Waals surface area contributed by atoms with Crippen LogP contribution in [0.4, 0.5) is 0 Å². The van der Waals surface area contributed by atoms with Crippen LogP contribution in [0.2, 0.25) is 0 Å². The summed E-state index contributed by atoms with van der Waals surface area (Å²) in [7, 11) is 0. The summed E-state index contributed by atoms with van der Waals surface area (Å²) in [5.41, 5.74) is -0.648. The molecule has 0 radical (unpaired) electrons. The monoisotopic (exact) mass is 153 g/mol. The molecule has 1 unspecified atom stereocenters. The zero-order valence-corrected chi connectivity index (χ0v) is 7.48. The zero-order chi connectivity index (χ0) is 8.54. The van der Waals surface area contributed by atoms with Crippen LogP contribution in [0.25, 0.3) is 0 Å². The lowest BCUT2D eigenvalue weighted by Gasteiger charge is -2.39. The van der Waals surface area contributed by atoms with Gasteiger partial charge in [0.15, 0.2) is 5.60 Å². The molecule has 0 amide bonds. The van der Waals surface area contributed by atoms with E-state index >= 15 is 0 Å². The topological polar surface area (TPSA) is 33.0 Å². The molecular weight excluding hydrogens is 138 g/mol. The Hall–Kier alpha value is -0.550. The predicted molar refractivity (Wildman–Crippen MR) is 43.0 cm³/mol. The van der Waals surface area contributed by atoms with Crippen LogP contribution in [0.15, 0.2) is 0 Å². The molecule has 2 heteroatoms. The molecule has 1 atom stereocenters. The van der Waals surface area contributed by atoms with Gasteiger partial charge in [-0.3, -0.25) is 0 Å². The third-order valence-electron chi connectivity index (χ3n) is 2.17. The molecule has 1 rings (SSSR count). The van der Waals surface area contributed by atoms with Crippen molar-refractivity contribution in [2.75, 3.05) is 0 Å². The van der Waals surface area contributed by atoms with Crippen LogP contribution in [-0.2, 0) is 4.74 Å². The molecule has 0 aliphatic carbocycles. The number of rotatable bonds is 0. The fourth-order valence-electron chi connectivity index (χ4n) is 1.64. The Morgan fingerprint density at radius 1 is 1.27 bits per heavy atom. The largest absolute Gasteiger partial charge is 0.355 e. The molecule has 0 aromatic carbocycles. The number of hydrogen-bond donors (Lipinski definition) is 0. The molecule has 2 nitrogen and oxygen atoms in total. The molecule has 0 aromatic rings. The second kappa shape index (κ2) is 2.49. The third-order valence-corrected chi connectivity index (χ3v) is 2.17. The maximum absolute atomic E-state index is 8.81. The van der Waals surface area contributed by atoms with E-state index in [0.29, 0.717) is 0 Å². The smallest absolute Gasteiger partial charge is 0.152 e. The average Bonchev–Trinajstić information content (AvgIpc) is 1.85. The van der Waals surface area contributed by atoms with Gasteiger partial charge in [0.25, 0.3) is 0 Å². The van der Waals surface area contributed by atoms with Gasteiger partial charge in [-0.25, -0.2) is 0 Å². The first-order valence-electron chi connectivity index (χ1n) is 4.09. The summed E-state index contributed by atoms with van der Waals surface area (Å²) in [6.45, 7) is 5.96. The normalized spacial score (nSPS) is 36.2. The van der Waals surface area contributed by atoms with Gasteiger partial charge in [-0.05, 0) is 40.0 Å².